The second kappa shape index (κ2) is 5.33. The van der Waals surface area contributed by atoms with E-state index in [0.29, 0.717) is 5.56 Å². The number of nitrogens with zero attached hydrogens (tertiary/aromatic N) is 2. The quantitative estimate of drug-likeness (QED) is 0.359. The third kappa shape index (κ3) is 1.89. The molecule has 0 spiro atoms. The molecule has 0 saturated carbocycles. The molecule has 0 radical (unpaired) electrons. The van der Waals surface area contributed by atoms with Crippen LogP contribution in [0.15, 0.2) is 24.3 Å². The molecule has 2 aliphatic heterocycles. The number of hydrogen-bond acceptors (Lipinski definition) is 4. The number of likely N-dealkylation sites (tertiary alicyclic amines) is 1. The summed E-state index contributed by atoms with van der Waals surface area (Å²) >= 11 is 12.7. The highest BCUT2D eigenvalue weighted by Gasteiger charge is 2.79. The van der Waals surface area contributed by atoms with Gasteiger partial charge in [-0.15, -0.1) is 23.2 Å². The zero-order chi connectivity index (χ0) is 17.0. The number of nitro benzene ring substituents is 1. The van der Waals surface area contributed by atoms with Crippen LogP contribution in [-0.2, 0) is 15.3 Å². The average molecular weight is 359 g/mol. The van der Waals surface area contributed by atoms with Gasteiger partial charge in [-0.05, 0) is 26.0 Å². The SMILES string of the molecule is CC(C)N1C(=O)[C@@]2(Cl)[C@@H](CCl)CO[C@@]12c1ccc([N+](=O)[O-])cc1. The zero-order valence-electron chi connectivity index (χ0n) is 12.7. The van der Waals surface area contributed by atoms with Gasteiger partial charge < -0.3 is 9.64 Å². The molecule has 1 aromatic rings. The molecule has 1 amide bonds. The molecule has 2 saturated heterocycles. The monoisotopic (exact) mass is 358 g/mol. The summed E-state index contributed by atoms with van der Waals surface area (Å²) in [6.45, 7) is 4.01. The number of nitro groups is 1. The van der Waals surface area contributed by atoms with E-state index in [9.17, 15) is 14.9 Å². The van der Waals surface area contributed by atoms with Crippen LogP contribution < -0.4 is 0 Å². The first-order valence-electron chi connectivity index (χ1n) is 7.28. The van der Waals surface area contributed by atoms with Gasteiger partial charge in [0.1, 0.15) is 0 Å². The first-order valence-corrected chi connectivity index (χ1v) is 8.19. The van der Waals surface area contributed by atoms with Crippen molar-refractivity contribution in [1.29, 1.82) is 0 Å². The van der Waals surface area contributed by atoms with Gasteiger partial charge >= 0.3 is 0 Å². The third-order valence-electron chi connectivity index (χ3n) is 4.59. The van der Waals surface area contributed by atoms with E-state index in [4.69, 9.17) is 27.9 Å². The van der Waals surface area contributed by atoms with E-state index in [2.05, 4.69) is 0 Å². The van der Waals surface area contributed by atoms with Gasteiger partial charge in [0.15, 0.2) is 10.6 Å². The van der Waals surface area contributed by atoms with Crippen LogP contribution in [0.3, 0.4) is 0 Å². The number of ether oxygens (including phenoxy) is 1. The summed E-state index contributed by atoms with van der Waals surface area (Å²) in [6.07, 6.45) is 0. The highest BCUT2D eigenvalue weighted by atomic mass is 35.5. The van der Waals surface area contributed by atoms with Crippen molar-refractivity contribution in [3.8, 4) is 0 Å². The molecule has 6 nitrogen and oxygen atoms in total. The van der Waals surface area contributed by atoms with Crippen molar-refractivity contribution in [2.75, 3.05) is 12.5 Å². The van der Waals surface area contributed by atoms with Crippen LogP contribution >= 0.6 is 23.2 Å². The highest BCUT2D eigenvalue weighted by molar-refractivity contribution is 6.39. The number of non-ortho nitro benzene ring substituents is 1. The number of hydrogen-bond donors (Lipinski definition) is 0. The number of alkyl halides is 2. The van der Waals surface area contributed by atoms with Gasteiger partial charge in [0, 0.05) is 35.5 Å². The molecule has 0 aromatic heterocycles. The molecule has 23 heavy (non-hydrogen) atoms. The lowest BCUT2D eigenvalue weighted by Crippen LogP contribution is -2.79. The van der Waals surface area contributed by atoms with Gasteiger partial charge in [0.2, 0.25) is 0 Å². The number of amides is 1. The molecule has 0 aliphatic carbocycles. The molecular formula is C15H16Cl2N2O4. The maximum atomic E-state index is 12.7. The summed E-state index contributed by atoms with van der Waals surface area (Å²) in [4.78, 5) is 23.4. The smallest absolute Gasteiger partial charge is 0.269 e. The summed E-state index contributed by atoms with van der Waals surface area (Å²) in [5, 5.41) is 10.8. The van der Waals surface area contributed by atoms with Crippen molar-refractivity contribution in [3.05, 3.63) is 39.9 Å². The number of carbonyl (C=O) groups excluding carboxylic acids is 1. The Morgan fingerprint density at radius 3 is 2.52 bits per heavy atom. The molecular weight excluding hydrogens is 343 g/mol. The molecule has 0 unspecified atom stereocenters. The molecule has 0 bridgehead atoms. The van der Waals surface area contributed by atoms with E-state index in [-0.39, 0.29) is 36.0 Å². The average Bonchev–Trinajstić information content (AvgIpc) is 2.77. The largest absolute Gasteiger partial charge is 0.348 e. The van der Waals surface area contributed by atoms with E-state index >= 15 is 0 Å². The van der Waals surface area contributed by atoms with Gasteiger partial charge in [-0.25, -0.2) is 0 Å². The molecule has 0 N–H and O–H groups in total. The van der Waals surface area contributed by atoms with Crippen molar-refractivity contribution in [3.63, 3.8) is 0 Å². The fourth-order valence-corrected chi connectivity index (χ4v) is 4.42. The summed E-state index contributed by atoms with van der Waals surface area (Å²) in [5.74, 6) is -0.324. The minimum atomic E-state index is -1.27. The zero-order valence-corrected chi connectivity index (χ0v) is 14.2. The van der Waals surface area contributed by atoms with Gasteiger partial charge in [-0.1, -0.05) is 0 Å². The van der Waals surface area contributed by atoms with E-state index in [1.807, 2.05) is 13.8 Å². The summed E-state index contributed by atoms with van der Waals surface area (Å²) in [6, 6.07) is 5.83. The molecule has 3 atom stereocenters. The normalized spacial score (nSPS) is 32.8. The topological polar surface area (TPSA) is 72.7 Å². The lowest BCUT2D eigenvalue weighted by atomic mass is 9.72. The molecule has 2 aliphatic rings. The molecule has 2 fully saturated rings. The number of halogens is 2. The maximum Gasteiger partial charge on any atom is 0.269 e. The van der Waals surface area contributed by atoms with Crippen molar-refractivity contribution in [1.82, 2.24) is 4.90 Å². The number of fused-ring (bicyclic) bond motifs is 1. The standard InChI is InChI=1S/C15H16Cl2N2O4/c1-9(2)18-13(20)14(17)11(7-16)8-23-15(14,18)10-3-5-12(6-4-10)19(21)22/h3-6,9,11H,7-8H2,1-2H3/t11-,14-,15+/m0/s1. The number of rotatable bonds is 4. The summed E-state index contributed by atoms with van der Waals surface area (Å²) in [7, 11) is 0. The lowest BCUT2D eigenvalue weighted by Gasteiger charge is -2.60. The molecule has 8 heteroatoms. The number of carbonyl (C=O) groups is 1. The summed E-state index contributed by atoms with van der Waals surface area (Å²) < 4.78 is 6.00. The molecule has 2 heterocycles. The Hall–Kier alpha value is -1.37. The van der Waals surface area contributed by atoms with Crippen LogP contribution in [-0.4, -0.2) is 39.1 Å². The lowest BCUT2D eigenvalue weighted by molar-refractivity contribution is -0.384. The predicted octanol–water partition coefficient (Wildman–Crippen LogP) is 2.86. The molecule has 1 aromatic carbocycles. The third-order valence-corrected chi connectivity index (χ3v) is 5.69. The van der Waals surface area contributed by atoms with Gasteiger partial charge in [-0.2, -0.15) is 0 Å². The van der Waals surface area contributed by atoms with Crippen LogP contribution in [0, 0.1) is 16.0 Å². The van der Waals surface area contributed by atoms with Crippen LogP contribution in [0.25, 0.3) is 0 Å². The Balaban J connectivity index is 2.11. The fraction of sp³-hybridized carbons (Fsp3) is 0.533. The van der Waals surface area contributed by atoms with E-state index < -0.39 is 15.5 Å². The molecule has 124 valence electrons. The van der Waals surface area contributed by atoms with Crippen molar-refractivity contribution >= 4 is 34.8 Å². The van der Waals surface area contributed by atoms with Crippen molar-refractivity contribution in [2.24, 2.45) is 5.92 Å². The second-order valence-corrected chi connectivity index (χ2v) is 7.00. The van der Waals surface area contributed by atoms with Crippen LogP contribution in [0.5, 0.6) is 0 Å². The van der Waals surface area contributed by atoms with Gasteiger partial charge in [0.05, 0.1) is 11.5 Å². The minimum Gasteiger partial charge on any atom is -0.348 e. The highest BCUT2D eigenvalue weighted by Crippen LogP contribution is 2.62. The number of benzene rings is 1. The molecule has 3 rings (SSSR count). The Bertz CT molecular complexity index is 666. The Kier molecular flexibility index (Phi) is 3.82. The summed E-state index contributed by atoms with van der Waals surface area (Å²) in [5.41, 5.74) is -0.535. The van der Waals surface area contributed by atoms with E-state index in [0.717, 1.165) is 0 Å². The number of β-lactam (4-membered cyclic amide) rings is 1. The van der Waals surface area contributed by atoms with Crippen LogP contribution in [0.4, 0.5) is 5.69 Å². The first kappa shape index (κ1) is 16.5. The van der Waals surface area contributed by atoms with Gasteiger partial charge in [-0.3, -0.25) is 14.9 Å². The van der Waals surface area contributed by atoms with Crippen molar-refractivity contribution < 1.29 is 14.5 Å². The van der Waals surface area contributed by atoms with Crippen LogP contribution in [0.2, 0.25) is 0 Å². The second-order valence-electron chi connectivity index (χ2n) is 6.09. The fourth-order valence-electron chi connectivity index (χ4n) is 3.54. The predicted molar refractivity (Wildman–Crippen MR) is 85.5 cm³/mol. The van der Waals surface area contributed by atoms with Crippen molar-refractivity contribution in [2.45, 2.75) is 30.5 Å². The minimum absolute atomic E-state index is 0.0287. The Morgan fingerprint density at radius 1 is 1.43 bits per heavy atom. The first-order chi connectivity index (χ1) is 10.8. The van der Waals surface area contributed by atoms with E-state index in [1.54, 1.807) is 17.0 Å². The van der Waals surface area contributed by atoms with E-state index in [1.165, 1.54) is 12.1 Å². The Morgan fingerprint density at radius 2 is 2.04 bits per heavy atom. The van der Waals surface area contributed by atoms with Gasteiger partial charge in [0.25, 0.3) is 11.6 Å². The Labute approximate surface area is 143 Å². The van der Waals surface area contributed by atoms with Crippen LogP contribution in [0.1, 0.15) is 19.4 Å². The maximum absolute atomic E-state index is 12.7.